The molecule has 2 aliphatic heterocycles. The average molecular weight is 1720 g/mol. The Hall–Kier alpha value is -16.4. The minimum Gasteiger partial charge on any atom is -0.497 e. The van der Waals surface area contributed by atoms with Crippen LogP contribution in [0.15, 0.2) is 255 Å². The molecule has 0 atom stereocenters. The Morgan fingerprint density at radius 1 is 0.434 bits per heavy atom. The summed E-state index contributed by atoms with van der Waals surface area (Å²) >= 11 is 0. The number of anilines is 1. The summed E-state index contributed by atoms with van der Waals surface area (Å²) in [6.45, 7) is 9.02. The largest absolute Gasteiger partial charge is 0.497 e. The number of pyridine rings is 6. The highest BCUT2D eigenvalue weighted by atomic mass is 16.5. The first-order valence-corrected chi connectivity index (χ1v) is 42.0. The Kier molecular flexibility index (Phi) is 24.2. The van der Waals surface area contributed by atoms with Crippen molar-refractivity contribution < 1.29 is 33.2 Å². The van der Waals surface area contributed by atoms with Crippen LogP contribution in [0.25, 0.3) is 111 Å². The molecule has 3 N–H and O–H groups in total. The van der Waals surface area contributed by atoms with Gasteiger partial charge in [0, 0.05) is 118 Å². The summed E-state index contributed by atoms with van der Waals surface area (Å²) in [6.07, 6.45) is 19.0. The summed E-state index contributed by atoms with van der Waals surface area (Å²) in [5, 5.41) is 66.9. The van der Waals surface area contributed by atoms with E-state index in [1.807, 2.05) is 195 Å². The maximum atomic E-state index is 11.3. The zero-order valence-corrected chi connectivity index (χ0v) is 70.6. The Bertz CT molecular complexity index is 7400. The second-order valence-corrected chi connectivity index (χ2v) is 30.3. The molecule has 22 rings (SSSR count). The fourth-order valence-electron chi connectivity index (χ4n) is 15.3. The molecule has 17 heterocycles. The first kappa shape index (κ1) is 82.2. The van der Waals surface area contributed by atoms with Crippen LogP contribution in [-0.2, 0) is 26.4 Å². The van der Waals surface area contributed by atoms with Gasteiger partial charge in [0.25, 0.3) is 0 Å². The third kappa shape index (κ3) is 18.6. The Labute approximate surface area is 735 Å². The molecule has 0 unspecified atom stereocenters. The van der Waals surface area contributed by atoms with Gasteiger partial charge in [0.1, 0.15) is 72.2 Å². The number of aromatic amines is 1. The van der Waals surface area contributed by atoms with Crippen molar-refractivity contribution in [2.75, 3.05) is 66.0 Å². The molecule has 20 aromatic rings. The lowest BCUT2D eigenvalue weighted by molar-refractivity contribution is 0.237. The molecule has 35 nitrogen and oxygen atoms in total. The van der Waals surface area contributed by atoms with Gasteiger partial charge in [0.2, 0.25) is 5.56 Å². The van der Waals surface area contributed by atoms with E-state index < -0.39 is 0 Å². The highest BCUT2D eigenvalue weighted by molar-refractivity contribution is 5.90. The molecule has 2 saturated heterocycles. The number of ether oxygens (including phenoxy) is 7. The number of hydrogen-bond acceptors (Lipinski definition) is 29. The molecular formula is C94H85N27O8. The normalized spacial score (nSPS) is 12.8. The molecular weight excluding hydrogens is 1640 g/mol. The van der Waals surface area contributed by atoms with Gasteiger partial charge in [-0.2, -0.15) is 43.6 Å². The highest BCUT2D eigenvalue weighted by Crippen LogP contribution is 2.35. The second-order valence-electron chi connectivity index (χ2n) is 30.3. The van der Waals surface area contributed by atoms with E-state index in [1.165, 1.54) is 32.0 Å². The van der Waals surface area contributed by atoms with E-state index in [0.717, 1.165) is 156 Å². The molecule has 0 saturated carbocycles. The SMILES string of the molecule is COc1ccc2c(OCc3nnc4ccc(-c5ccc(=O)[nH]c5)nn34)ccnc2c1.COc1ccc2c(OCc3nnc4ccc(-c5ccccc5)nn34)c(C)cnc2c1.COc1ccc2c(OCc3nnc4ccc(-c5cnn(C6CCNCC6)c5)nn34)ccnc2c1.c1ccc(-c2ccc3nnc(CNc4ccnc5cc(OCCN6CCCC6)cnc45)n3n2)cc1. The number of nitrogens with one attached hydrogen (secondary N) is 3. The average Bonchev–Trinajstić information content (AvgIpc) is 1.78. The standard InChI is InChI=1S/C26H26N8O.C24H24N8O2.C23H19N5O2.C21H16N6O3/c1-2-6-19(7-3-1)21-8-9-24-30-31-25(34(24)32-21)18-28-22-10-11-27-23-16-20(17-29-26(22)23)35-15-14-33-12-4-5-13-33;1-33-18-2-3-19-21(12-18)26-11-8-22(19)34-15-24-29-28-23-5-4-20(30-32(23)24)16-13-27-31(14-16)17-6-9-25-10-7-17;1-15-13-24-20-12-17(29-2)8-9-18(20)23(15)30-14-22-26-25-21-11-10-19(27-28(21)22)16-6-4-3-5-7-16;1-29-14-3-4-15-17(10-14)22-9-8-18(15)30-12-20-25-24-19-6-5-16(26-27(19)20)13-2-7-21(28)23-11-13/h1-3,6-11,16-17H,4-5,12-15,18H2,(H,27,28);2-5,8,11-14,17,25H,6-7,9-10,15H2,1H3;3-13H,14H2,1-2H3;2-11H,12H2,1H3,(H,23,28). The smallest absolute Gasteiger partial charge is 0.247 e. The maximum Gasteiger partial charge on any atom is 0.247 e. The van der Waals surface area contributed by atoms with Crippen LogP contribution in [-0.4, -0.2) is 184 Å². The van der Waals surface area contributed by atoms with Crippen LogP contribution in [0, 0.1) is 6.92 Å². The first-order valence-electron chi connectivity index (χ1n) is 42.0. The summed E-state index contributed by atoms with van der Waals surface area (Å²) < 4.78 is 49.0. The lowest BCUT2D eigenvalue weighted by Gasteiger charge is -2.22. The van der Waals surface area contributed by atoms with Crippen LogP contribution in [0.2, 0.25) is 0 Å². The molecule has 0 aliphatic carbocycles. The fraction of sp³-hybridized carbons (Fsp3) is 0.202. The fourth-order valence-corrected chi connectivity index (χ4v) is 15.3. The van der Waals surface area contributed by atoms with Gasteiger partial charge in [0.05, 0.1) is 96.8 Å². The van der Waals surface area contributed by atoms with E-state index >= 15 is 0 Å². The lowest BCUT2D eigenvalue weighted by atomic mass is 10.1. The number of hydrogen-bond donors (Lipinski definition) is 3. The Morgan fingerprint density at radius 3 is 1.47 bits per heavy atom. The molecule has 0 radical (unpaired) electrons. The Balaban J connectivity index is 0.000000112. The van der Waals surface area contributed by atoms with Crippen molar-refractivity contribution in [3.05, 3.63) is 289 Å². The van der Waals surface area contributed by atoms with Gasteiger partial charge in [0.15, 0.2) is 45.9 Å². The number of aromatic nitrogens is 24. The molecule has 0 spiro atoms. The zero-order chi connectivity index (χ0) is 87.4. The molecule has 644 valence electrons. The maximum absolute atomic E-state index is 11.3. The molecule has 0 amide bonds. The number of H-pyrrole nitrogens is 1. The van der Waals surface area contributed by atoms with E-state index in [0.29, 0.717) is 82.3 Å². The van der Waals surface area contributed by atoms with E-state index in [4.69, 9.17) is 48.5 Å². The van der Waals surface area contributed by atoms with Gasteiger partial charge in [-0.05, 0) is 168 Å². The van der Waals surface area contributed by atoms with Crippen molar-refractivity contribution in [2.24, 2.45) is 0 Å². The van der Waals surface area contributed by atoms with Crippen molar-refractivity contribution in [3.63, 3.8) is 0 Å². The molecule has 0 bridgehead atoms. The minimum absolute atomic E-state index is 0.166. The van der Waals surface area contributed by atoms with Crippen LogP contribution < -0.4 is 49.4 Å². The monoisotopic (exact) mass is 1720 g/mol. The zero-order valence-electron chi connectivity index (χ0n) is 70.6. The topological polar surface area (TPSA) is 379 Å². The predicted molar refractivity (Wildman–Crippen MR) is 483 cm³/mol. The van der Waals surface area contributed by atoms with Gasteiger partial charge < -0.3 is 48.8 Å². The second kappa shape index (κ2) is 38.0. The first-order chi connectivity index (χ1) is 63.5. The number of benzene rings is 5. The molecule has 2 fully saturated rings. The number of likely N-dealkylation sites (tertiary alicyclic amines) is 1. The quantitative estimate of drug-likeness (QED) is 0.0506. The number of nitrogens with zero attached hydrogens (tertiary/aromatic N) is 24. The van der Waals surface area contributed by atoms with Crippen molar-refractivity contribution in [1.29, 1.82) is 0 Å². The number of aryl methyl sites for hydroxylation is 1. The van der Waals surface area contributed by atoms with Crippen molar-refractivity contribution in [1.82, 2.24) is 129 Å². The van der Waals surface area contributed by atoms with E-state index in [2.05, 4.69) is 107 Å². The summed E-state index contributed by atoms with van der Waals surface area (Å²) in [5.41, 5.74) is 15.3. The molecule has 5 aromatic carbocycles. The lowest BCUT2D eigenvalue weighted by Crippen LogP contribution is -2.29. The summed E-state index contributed by atoms with van der Waals surface area (Å²) in [5.74, 6) is 7.63. The summed E-state index contributed by atoms with van der Waals surface area (Å²) in [7, 11) is 4.89. The third-order valence-electron chi connectivity index (χ3n) is 22.1. The summed E-state index contributed by atoms with van der Waals surface area (Å²) in [6, 6.07) is 63.5. The van der Waals surface area contributed by atoms with E-state index in [-0.39, 0.29) is 25.4 Å². The number of piperidine rings is 1. The van der Waals surface area contributed by atoms with E-state index in [1.54, 1.807) is 88.7 Å². The molecule has 35 heteroatoms. The van der Waals surface area contributed by atoms with Gasteiger partial charge >= 0.3 is 0 Å². The minimum atomic E-state index is -0.166. The number of fused-ring (bicyclic) bond motifs is 8. The predicted octanol–water partition coefficient (Wildman–Crippen LogP) is 13.7. The molecule has 15 aromatic heterocycles. The van der Waals surface area contributed by atoms with Gasteiger partial charge in [-0.15, -0.1) is 40.8 Å². The Morgan fingerprint density at radius 2 is 0.922 bits per heavy atom. The van der Waals surface area contributed by atoms with Crippen molar-refractivity contribution >= 4 is 72.0 Å². The van der Waals surface area contributed by atoms with Gasteiger partial charge in [-0.3, -0.25) is 34.3 Å². The van der Waals surface area contributed by atoms with Crippen LogP contribution in [0.1, 0.15) is 60.6 Å². The summed E-state index contributed by atoms with van der Waals surface area (Å²) in [4.78, 5) is 38.8. The van der Waals surface area contributed by atoms with Gasteiger partial charge in [-0.1, -0.05) is 60.7 Å². The van der Waals surface area contributed by atoms with Crippen LogP contribution >= 0.6 is 0 Å². The van der Waals surface area contributed by atoms with Crippen LogP contribution in [0.4, 0.5) is 5.69 Å². The highest BCUT2D eigenvalue weighted by Gasteiger charge is 2.22. The number of rotatable bonds is 24. The van der Waals surface area contributed by atoms with Crippen molar-refractivity contribution in [3.8, 4) is 85.3 Å². The van der Waals surface area contributed by atoms with Gasteiger partial charge in [-0.25, -0.2) is 4.98 Å². The molecule has 2 aliphatic rings. The van der Waals surface area contributed by atoms with E-state index in [9.17, 15) is 4.79 Å². The van der Waals surface area contributed by atoms with Crippen LogP contribution in [0.5, 0.6) is 40.2 Å². The van der Waals surface area contributed by atoms with Crippen LogP contribution in [0.3, 0.4) is 0 Å². The third-order valence-corrected chi connectivity index (χ3v) is 22.1. The van der Waals surface area contributed by atoms with Crippen molar-refractivity contribution in [2.45, 2.75) is 65.0 Å². The molecule has 129 heavy (non-hydrogen) atoms. The number of methoxy groups -OCH3 is 3.